The maximum Gasteiger partial charge on any atom is 0.227 e. The number of thiazole rings is 1. The summed E-state index contributed by atoms with van der Waals surface area (Å²) < 4.78 is 10.6. The number of pyridine rings is 1. The van der Waals surface area contributed by atoms with Crippen LogP contribution in [0.4, 0.5) is 5.82 Å². The first-order valence-electron chi connectivity index (χ1n) is 9.76. The quantitative estimate of drug-likeness (QED) is 0.396. The third-order valence-corrected chi connectivity index (χ3v) is 5.76. The number of methoxy groups -OCH3 is 2. The van der Waals surface area contributed by atoms with Crippen LogP contribution in [0.3, 0.4) is 0 Å². The van der Waals surface area contributed by atoms with E-state index in [1.165, 1.54) is 22.3 Å². The average molecular weight is 433 g/mol. The van der Waals surface area contributed by atoms with Gasteiger partial charge in [0.1, 0.15) is 10.3 Å². The Kier molecular flexibility index (Phi) is 5.09. The molecule has 0 bridgehead atoms. The Hall–Kier alpha value is -3.72. The third kappa shape index (κ3) is 3.64. The van der Waals surface area contributed by atoms with Gasteiger partial charge in [-0.3, -0.25) is 0 Å². The molecule has 2 N–H and O–H groups in total. The molecule has 0 fully saturated rings. The molecule has 4 heterocycles. The molecular weight excluding hydrogens is 412 g/mol. The van der Waals surface area contributed by atoms with Crippen LogP contribution in [0, 0.1) is 0 Å². The molecule has 0 aliphatic heterocycles. The van der Waals surface area contributed by atoms with E-state index < -0.39 is 0 Å². The zero-order chi connectivity index (χ0) is 21.2. The van der Waals surface area contributed by atoms with Crippen LogP contribution in [-0.2, 0) is 6.42 Å². The van der Waals surface area contributed by atoms with Crippen molar-refractivity contribution >= 4 is 38.4 Å². The molecule has 0 aliphatic carbocycles. The number of para-hydroxylation sites is 1. The molecule has 8 nitrogen and oxygen atoms in total. The predicted molar refractivity (Wildman–Crippen MR) is 122 cm³/mol. The number of aromatic amines is 1. The van der Waals surface area contributed by atoms with Gasteiger partial charge in [0.15, 0.2) is 11.6 Å². The minimum absolute atomic E-state index is 0.410. The fraction of sp³-hybridized carbons (Fsp3) is 0.182. The molecule has 0 amide bonds. The van der Waals surface area contributed by atoms with Crippen LogP contribution in [0.5, 0.6) is 11.8 Å². The second kappa shape index (κ2) is 8.19. The van der Waals surface area contributed by atoms with Gasteiger partial charge in [-0.05, 0) is 24.1 Å². The fourth-order valence-corrected chi connectivity index (χ4v) is 4.18. The third-order valence-electron chi connectivity index (χ3n) is 5.04. The lowest BCUT2D eigenvalue weighted by Gasteiger charge is -2.11. The number of aromatic nitrogens is 5. The van der Waals surface area contributed by atoms with E-state index in [4.69, 9.17) is 14.5 Å². The van der Waals surface area contributed by atoms with Crippen LogP contribution in [-0.4, -0.2) is 45.7 Å². The van der Waals surface area contributed by atoms with Crippen molar-refractivity contribution < 1.29 is 9.47 Å². The summed E-state index contributed by atoms with van der Waals surface area (Å²) >= 11 is 1.47. The summed E-state index contributed by atoms with van der Waals surface area (Å²) in [6.07, 6.45) is 2.91. The Morgan fingerprint density at radius 2 is 1.94 bits per heavy atom. The first-order chi connectivity index (χ1) is 15.3. The summed E-state index contributed by atoms with van der Waals surface area (Å²) in [7, 11) is 3.13. The summed E-state index contributed by atoms with van der Waals surface area (Å²) in [5.74, 6) is 2.10. The summed E-state index contributed by atoms with van der Waals surface area (Å²) in [6, 6.07) is 11.9. The molecule has 0 saturated heterocycles. The van der Waals surface area contributed by atoms with Crippen LogP contribution in [0.15, 0.2) is 48.1 Å². The Morgan fingerprint density at radius 1 is 1.03 bits per heavy atom. The molecule has 5 rings (SSSR count). The highest BCUT2D eigenvalue weighted by Gasteiger charge is 2.16. The molecular formula is C22H20N6O2S. The number of hydrogen-bond acceptors (Lipinski definition) is 8. The van der Waals surface area contributed by atoms with E-state index in [1.807, 2.05) is 12.1 Å². The van der Waals surface area contributed by atoms with Gasteiger partial charge < -0.3 is 19.8 Å². The smallest absolute Gasteiger partial charge is 0.227 e. The van der Waals surface area contributed by atoms with Gasteiger partial charge in [-0.25, -0.2) is 15.0 Å². The molecule has 5 aromatic rings. The highest BCUT2D eigenvalue weighted by Crippen LogP contribution is 2.32. The van der Waals surface area contributed by atoms with Gasteiger partial charge in [-0.2, -0.15) is 4.98 Å². The van der Waals surface area contributed by atoms with Crippen LogP contribution in [0.1, 0.15) is 5.56 Å². The van der Waals surface area contributed by atoms with E-state index in [1.54, 1.807) is 25.8 Å². The summed E-state index contributed by atoms with van der Waals surface area (Å²) in [4.78, 5) is 22.3. The Labute approximate surface area is 182 Å². The number of nitrogens with zero attached hydrogens (tertiary/aromatic N) is 4. The molecule has 9 heteroatoms. The molecule has 4 aromatic heterocycles. The zero-order valence-electron chi connectivity index (χ0n) is 17.0. The Bertz CT molecular complexity index is 1360. The van der Waals surface area contributed by atoms with Gasteiger partial charge in [-0.1, -0.05) is 18.2 Å². The van der Waals surface area contributed by atoms with Gasteiger partial charge in [0.25, 0.3) is 0 Å². The van der Waals surface area contributed by atoms with E-state index in [9.17, 15) is 0 Å². The number of nitrogens with one attached hydrogen (secondary N) is 2. The maximum atomic E-state index is 5.44. The SMILES string of the molecule is COc1ccc(-c2nc(NCCc3c[nH]c4ccccc34)c3ncsc3n2)c(OC)n1. The first-order valence-corrected chi connectivity index (χ1v) is 10.6. The molecule has 0 saturated carbocycles. The van der Waals surface area contributed by atoms with Gasteiger partial charge in [0.2, 0.25) is 11.8 Å². The lowest BCUT2D eigenvalue weighted by Crippen LogP contribution is -2.08. The monoisotopic (exact) mass is 432 g/mol. The lowest BCUT2D eigenvalue weighted by atomic mass is 10.1. The van der Waals surface area contributed by atoms with Crippen molar-refractivity contribution in [1.29, 1.82) is 0 Å². The maximum absolute atomic E-state index is 5.44. The van der Waals surface area contributed by atoms with E-state index >= 15 is 0 Å². The summed E-state index contributed by atoms with van der Waals surface area (Å²) in [6.45, 7) is 0.711. The van der Waals surface area contributed by atoms with E-state index in [0.29, 0.717) is 35.5 Å². The fourth-order valence-electron chi connectivity index (χ4n) is 3.52. The van der Waals surface area contributed by atoms with Crippen molar-refractivity contribution in [3.05, 3.63) is 53.7 Å². The van der Waals surface area contributed by atoms with Crippen LogP contribution >= 0.6 is 11.3 Å². The highest BCUT2D eigenvalue weighted by atomic mass is 32.1. The van der Waals surface area contributed by atoms with Gasteiger partial charge in [0.05, 0.1) is 25.3 Å². The van der Waals surface area contributed by atoms with Crippen molar-refractivity contribution in [2.45, 2.75) is 6.42 Å². The number of anilines is 1. The lowest BCUT2D eigenvalue weighted by molar-refractivity contribution is 0.365. The van der Waals surface area contributed by atoms with E-state index in [0.717, 1.165) is 22.3 Å². The number of ether oxygens (including phenoxy) is 2. The zero-order valence-corrected chi connectivity index (χ0v) is 17.9. The van der Waals surface area contributed by atoms with Crippen molar-refractivity contribution in [2.24, 2.45) is 0 Å². The second-order valence-electron chi connectivity index (χ2n) is 6.85. The average Bonchev–Trinajstić information content (AvgIpc) is 3.46. The summed E-state index contributed by atoms with van der Waals surface area (Å²) in [5, 5.41) is 4.68. The highest BCUT2D eigenvalue weighted by molar-refractivity contribution is 7.16. The number of rotatable bonds is 7. The Balaban J connectivity index is 1.44. The van der Waals surface area contributed by atoms with Crippen molar-refractivity contribution in [3.63, 3.8) is 0 Å². The number of hydrogen-bond donors (Lipinski definition) is 2. The van der Waals surface area contributed by atoms with Gasteiger partial charge >= 0.3 is 0 Å². The molecule has 0 unspecified atom stereocenters. The minimum atomic E-state index is 0.410. The van der Waals surface area contributed by atoms with Crippen LogP contribution in [0.2, 0.25) is 0 Å². The van der Waals surface area contributed by atoms with Crippen LogP contribution in [0.25, 0.3) is 32.6 Å². The topological polar surface area (TPSA) is 97.8 Å². The molecule has 1 aromatic carbocycles. The van der Waals surface area contributed by atoms with Crippen LogP contribution < -0.4 is 14.8 Å². The number of H-pyrrole nitrogens is 1. The number of benzene rings is 1. The van der Waals surface area contributed by atoms with Gasteiger partial charge in [0, 0.05) is 29.7 Å². The standard InChI is InChI=1S/C22H20N6O2S/c1-29-17-8-7-15(21(26-17)30-2)19-27-20(18-22(28-19)31-12-25-18)23-10-9-13-11-24-16-6-4-3-5-14(13)16/h3-8,11-12,24H,9-10H2,1-2H3,(H,23,27,28). The molecule has 0 radical (unpaired) electrons. The number of fused-ring (bicyclic) bond motifs is 2. The largest absolute Gasteiger partial charge is 0.481 e. The van der Waals surface area contributed by atoms with Gasteiger partial charge in [-0.15, -0.1) is 11.3 Å². The second-order valence-corrected chi connectivity index (χ2v) is 7.68. The summed E-state index contributed by atoms with van der Waals surface area (Å²) in [5.41, 5.74) is 5.62. The van der Waals surface area contributed by atoms with Crippen molar-refractivity contribution in [3.8, 4) is 23.1 Å². The van der Waals surface area contributed by atoms with E-state index in [2.05, 4.69) is 49.6 Å². The molecule has 156 valence electrons. The molecule has 0 spiro atoms. The predicted octanol–water partition coefficient (Wildman–Crippen LogP) is 4.30. The minimum Gasteiger partial charge on any atom is -0.481 e. The normalized spacial score (nSPS) is 11.2. The van der Waals surface area contributed by atoms with Crippen molar-refractivity contribution in [2.75, 3.05) is 26.1 Å². The van der Waals surface area contributed by atoms with E-state index in [-0.39, 0.29) is 0 Å². The molecule has 31 heavy (non-hydrogen) atoms. The first kappa shape index (κ1) is 19.3. The Morgan fingerprint density at radius 3 is 2.81 bits per heavy atom. The molecule has 0 atom stereocenters. The molecule has 0 aliphatic rings. The van der Waals surface area contributed by atoms with Crippen molar-refractivity contribution in [1.82, 2.24) is 24.9 Å².